The number of carbonyl (C=O) groups excluding carboxylic acids is 1. The number of aromatic hydroxyl groups is 1. The Bertz CT molecular complexity index is 1020. The first-order valence-corrected chi connectivity index (χ1v) is 8.41. The van der Waals surface area contributed by atoms with Gasteiger partial charge in [0.2, 0.25) is 0 Å². The molecule has 0 bridgehead atoms. The first kappa shape index (κ1) is 17.2. The van der Waals surface area contributed by atoms with Crippen LogP contribution >= 0.6 is 11.3 Å². The highest BCUT2D eigenvalue weighted by atomic mass is 32.1. The Kier molecular flexibility index (Phi) is 4.12. The van der Waals surface area contributed by atoms with E-state index in [4.69, 9.17) is 0 Å². The van der Waals surface area contributed by atoms with Crippen LogP contribution < -0.4 is 0 Å². The molecule has 5 nitrogen and oxygen atoms in total. The molecule has 0 amide bonds. The monoisotopic (exact) mass is 361 g/mol. The summed E-state index contributed by atoms with van der Waals surface area (Å²) in [6, 6.07) is 5.74. The van der Waals surface area contributed by atoms with E-state index in [1.54, 1.807) is 13.0 Å². The van der Waals surface area contributed by atoms with Crippen LogP contribution in [0.5, 0.6) is 5.75 Å². The van der Waals surface area contributed by atoms with Crippen molar-refractivity contribution in [3.05, 3.63) is 51.1 Å². The molecular formula is C18H16FNO4S. The average molecular weight is 361 g/mol. The molecule has 1 atom stereocenters. The molecule has 1 unspecified atom stereocenters. The average Bonchev–Trinajstić information content (AvgIpc) is 3.08. The number of halogens is 1. The lowest BCUT2D eigenvalue weighted by atomic mass is 9.98. The Labute approximate surface area is 146 Å². The zero-order valence-electron chi connectivity index (χ0n) is 13.8. The van der Waals surface area contributed by atoms with E-state index in [2.05, 4.69) is 0 Å². The van der Waals surface area contributed by atoms with E-state index in [-0.39, 0.29) is 11.4 Å². The molecule has 0 aliphatic carbocycles. The number of carboxylic acid groups (broad SMARTS) is 1. The molecule has 0 spiro atoms. The fraction of sp³-hybridized carbons (Fsp3) is 0.222. The fourth-order valence-corrected chi connectivity index (χ4v) is 3.84. The molecule has 1 aromatic carbocycles. The van der Waals surface area contributed by atoms with Gasteiger partial charge in [0, 0.05) is 22.0 Å². The number of hydrogen-bond acceptors (Lipinski definition) is 4. The van der Waals surface area contributed by atoms with Crippen LogP contribution in [0.1, 0.15) is 38.6 Å². The van der Waals surface area contributed by atoms with Gasteiger partial charge in [0.15, 0.2) is 11.6 Å². The second-order valence-electron chi connectivity index (χ2n) is 5.93. The van der Waals surface area contributed by atoms with Gasteiger partial charge in [-0.25, -0.2) is 4.39 Å². The molecule has 2 heterocycles. The van der Waals surface area contributed by atoms with Crippen molar-refractivity contribution in [3.8, 4) is 5.75 Å². The highest BCUT2D eigenvalue weighted by Gasteiger charge is 2.27. The summed E-state index contributed by atoms with van der Waals surface area (Å²) in [7, 11) is 0. The van der Waals surface area contributed by atoms with Crippen molar-refractivity contribution in [1.82, 2.24) is 4.57 Å². The van der Waals surface area contributed by atoms with Crippen molar-refractivity contribution in [3.63, 3.8) is 0 Å². The van der Waals surface area contributed by atoms with Crippen LogP contribution in [0.3, 0.4) is 0 Å². The van der Waals surface area contributed by atoms with Gasteiger partial charge in [-0.15, -0.1) is 11.3 Å². The van der Waals surface area contributed by atoms with Gasteiger partial charge in [0.05, 0.1) is 16.3 Å². The van der Waals surface area contributed by atoms with Gasteiger partial charge in [-0.1, -0.05) is 0 Å². The van der Waals surface area contributed by atoms with E-state index >= 15 is 0 Å². The third kappa shape index (κ3) is 2.70. The Morgan fingerprint density at radius 2 is 1.92 bits per heavy atom. The summed E-state index contributed by atoms with van der Waals surface area (Å²) < 4.78 is 15.2. The van der Waals surface area contributed by atoms with E-state index in [0.29, 0.717) is 21.5 Å². The van der Waals surface area contributed by atoms with Gasteiger partial charge in [0.1, 0.15) is 0 Å². The topological polar surface area (TPSA) is 79.5 Å². The van der Waals surface area contributed by atoms with E-state index < -0.39 is 23.5 Å². The number of rotatable bonds is 3. The molecule has 3 aromatic rings. The largest absolute Gasteiger partial charge is 0.505 e. The predicted octanol–water partition coefficient (Wildman–Crippen LogP) is 4.04. The Balaban J connectivity index is 2.35. The fourth-order valence-electron chi connectivity index (χ4n) is 3.04. The molecule has 7 heteroatoms. The number of phenols is 1. The van der Waals surface area contributed by atoms with Gasteiger partial charge >= 0.3 is 5.97 Å². The number of fused-ring (bicyclic) bond motifs is 1. The minimum atomic E-state index is -1.06. The highest BCUT2D eigenvalue weighted by molar-refractivity contribution is 7.14. The molecule has 0 saturated carbocycles. The zero-order valence-corrected chi connectivity index (χ0v) is 14.6. The first-order chi connectivity index (χ1) is 11.7. The summed E-state index contributed by atoms with van der Waals surface area (Å²) in [6.07, 6.45) is 0. The van der Waals surface area contributed by atoms with Crippen molar-refractivity contribution in [2.24, 2.45) is 0 Å². The number of benzene rings is 1. The van der Waals surface area contributed by atoms with Crippen molar-refractivity contribution < 1.29 is 24.2 Å². The summed E-state index contributed by atoms with van der Waals surface area (Å²) in [4.78, 5) is 25.8. The quantitative estimate of drug-likeness (QED) is 0.738. The summed E-state index contributed by atoms with van der Waals surface area (Å²) in [5, 5.41) is 19.4. The smallest absolute Gasteiger partial charge is 0.310 e. The lowest BCUT2D eigenvalue weighted by Crippen LogP contribution is -2.14. The molecular weight excluding hydrogens is 345 g/mol. The summed E-state index contributed by atoms with van der Waals surface area (Å²) in [5.74, 6) is -3.77. The molecule has 0 aliphatic heterocycles. The lowest BCUT2D eigenvalue weighted by molar-refractivity contribution is -0.138. The molecule has 0 aliphatic rings. The number of phenolic OH excluding ortho intramolecular Hbond substituents is 1. The molecule has 0 radical (unpaired) electrons. The van der Waals surface area contributed by atoms with Crippen molar-refractivity contribution in [2.45, 2.75) is 26.7 Å². The Hall–Kier alpha value is -2.67. The minimum Gasteiger partial charge on any atom is -0.505 e. The molecule has 3 rings (SSSR count). The second kappa shape index (κ2) is 6.00. The predicted molar refractivity (Wildman–Crippen MR) is 93.1 cm³/mol. The van der Waals surface area contributed by atoms with Crippen LogP contribution in [0, 0.1) is 19.7 Å². The normalized spacial score (nSPS) is 12.5. The Morgan fingerprint density at radius 1 is 1.24 bits per heavy atom. The van der Waals surface area contributed by atoms with Gasteiger partial charge < -0.3 is 10.2 Å². The third-order valence-corrected chi connectivity index (χ3v) is 5.27. The standard InChI is InChI=1S/C18H16FNO4S/c1-8-4-5-15(25-8)17(22)20-10(3)16(9(2)18(23)24)11-6-14(21)12(19)7-13(11)20/h4-7,9,21H,1-3H3,(H,23,24). The van der Waals surface area contributed by atoms with Gasteiger partial charge in [0.25, 0.3) is 5.91 Å². The number of aliphatic carboxylic acids is 1. The van der Waals surface area contributed by atoms with Gasteiger partial charge in [-0.3, -0.25) is 14.2 Å². The Morgan fingerprint density at radius 3 is 2.48 bits per heavy atom. The van der Waals surface area contributed by atoms with E-state index in [0.717, 1.165) is 10.9 Å². The summed E-state index contributed by atoms with van der Waals surface area (Å²) in [5.41, 5.74) is 1.05. The number of nitrogens with zero attached hydrogens (tertiary/aromatic N) is 1. The number of carboxylic acids is 1. The minimum absolute atomic E-state index is 0.243. The SMILES string of the molecule is Cc1ccc(C(=O)n2c(C)c(C(C)C(=O)O)c3cc(O)c(F)cc32)s1. The molecule has 130 valence electrons. The molecule has 2 aromatic heterocycles. The number of aromatic nitrogens is 1. The molecule has 2 N–H and O–H groups in total. The third-order valence-electron chi connectivity index (χ3n) is 4.28. The first-order valence-electron chi connectivity index (χ1n) is 7.59. The van der Waals surface area contributed by atoms with Crippen LogP contribution in [0.2, 0.25) is 0 Å². The highest BCUT2D eigenvalue weighted by Crippen LogP contribution is 2.36. The molecule has 0 fully saturated rings. The maximum Gasteiger partial charge on any atom is 0.310 e. The van der Waals surface area contributed by atoms with Crippen molar-refractivity contribution in [2.75, 3.05) is 0 Å². The number of aryl methyl sites for hydroxylation is 1. The number of carbonyl (C=O) groups is 2. The van der Waals surface area contributed by atoms with Crippen LogP contribution in [0.4, 0.5) is 4.39 Å². The van der Waals surface area contributed by atoms with E-state index in [1.807, 2.05) is 13.0 Å². The van der Waals surface area contributed by atoms with E-state index in [1.165, 1.54) is 28.9 Å². The number of thiophene rings is 1. The maximum absolute atomic E-state index is 13.9. The molecule has 0 saturated heterocycles. The maximum atomic E-state index is 13.9. The second-order valence-corrected chi connectivity index (χ2v) is 7.22. The van der Waals surface area contributed by atoms with Crippen LogP contribution in [-0.2, 0) is 4.79 Å². The zero-order chi connectivity index (χ0) is 18.5. The van der Waals surface area contributed by atoms with Gasteiger partial charge in [-0.05, 0) is 44.5 Å². The van der Waals surface area contributed by atoms with Crippen molar-refractivity contribution >= 4 is 34.1 Å². The summed E-state index contributed by atoms with van der Waals surface area (Å²) >= 11 is 1.31. The van der Waals surface area contributed by atoms with E-state index in [9.17, 15) is 24.2 Å². The van der Waals surface area contributed by atoms with Crippen LogP contribution in [-0.4, -0.2) is 26.7 Å². The molecule has 25 heavy (non-hydrogen) atoms. The van der Waals surface area contributed by atoms with Crippen LogP contribution in [0.25, 0.3) is 10.9 Å². The number of hydrogen-bond donors (Lipinski definition) is 2. The summed E-state index contributed by atoms with van der Waals surface area (Å²) in [6.45, 7) is 4.99. The lowest BCUT2D eigenvalue weighted by Gasteiger charge is -2.08. The van der Waals surface area contributed by atoms with Crippen LogP contribution in [0.15, 0.2) is 24.3 Å². The van der Waals surface area contributed by atoms with Crippen molar-refractivity contribution in [1.29, 1.82) is 0 Å². The van der Waals surface area contributed by atoms with Gasteiger partial charge in [-0.2, -0.15) is 0 Å².